The lowest BCUT2D eigenvalue weighted by Gasteiger charge is -2.32. The summed E-state index contributed by atoms with van der Waals surface area (Å²) in [6, 6.07) is -0.271. The highest BCUT2D eigenvalue weighted by atomic mass is 35.5. The summed E-state index contributed by atoms with van der Waals surface area (Å²) in [5, 5.41) is 2.76. The molecule has 1 aliphatic rings. The molecule has 1 amide bonds. The van der Waals surface area contributed by atoms with Gasteiger partial charge in [-0.25, -0.2) is 9.59 Å². The predicted octanol–water partition coefficient (Wildman–Crippen LogP) is 3.56. The van der Waals surface area contributed by atoms with Crippen molar-refractivity contribution in [1.82, 2.24) is 5.32 Å². The van der Waals surface area contributed by atoms with Crippen molar-refractivity contribution < 1.29 is 23.8 Å². The largest absolute Gasteiger partial charge is 0.510 e. The van der Waals surface area contributed by atoms with Crippen LogP contribution < -0.4 is 5.32 Å². The van der Waals surface area contributed by atoms with E-state index in [-0.39, 0.29) is 6.04 Å². The van der Waals surface area contributed by atoms with E-state index in [1.165, 1.54) is 6.92 Å². The van der Waals surface area contributed by atoms with Crippen molar-refractivity contribution in [2.75, 3.05) is 0 Å². The van der Waals surface area contributed by atoms with Gasteiger partial charge in [0.1, 0.15) is 11.7 Å². The molecule has 122 valence electrons. The number of carbonyl (C=O) groups is 2. The van der Waals surface area contributed by atoms with E-state index in [1.807, 2.05) is 0 Å². The molecular formula is C14H24ClNO5. The molecule has 7 heteroatoms. The van der Waals surface area contributed by atoms with Gasteiger partial charge in [0.2, 0.25) is 0 Å². The van der Waals surface area contributed by atoms with Gasteiger partial charge in [-0.05, 0) is 47.0 Å². The van der Waals surface area contributed by atoms with Crippen molar-refractivity contribution in [1.29, 1.82) is 0 Å². The Kier molecular flexibility index (Phi) is 6.58. The summed E-state index contributed by atoms with van der Waals surface area (Å²) >= 11 is 5.57. The van der Waals surface area contributed by atoms with Gasteiger partial charge < -0.3 is 19.5 Å². The van der Waals surface area contributed by atoms with Crippen LogP contribution in [0.3, 0.4) is 0 Å². The average molecular weight is 322 g/mol. The SMILES string of the molecule is CC(Cl)OC(=O)O[C@@H]1CCCC[C@H]1NC(=O)OC(C)(C)C. The predicted molar refractivity (Wildman–Crippen MR) is 78.3 cm³/mol. The van der Waals surface area contributed by atoms with Crippen LogP contribution in [0, 0.1) is 0 Å². The molecule has 0 bridgehead atoms. The van der Waals surface area contributed by atoms with E-state index in [0.717, 1.165) is 19.3 Å². The summed E-state index contributed by atoms with van der Waals surface area (Å²) in [6.07, 6.45) is 1.54. The van der Waals surface area contributed by atoms with Crippen LogP contribution in [0.2, 0.25) is 0 Å². The van der Waals surface area contributed by atoms with Gasteiger partial charge in [-0.2, -0.15) is 0 Å². The fraction of sp³-hybridized carbons (Fsp3) is 0.857. The van der Waals surface area contributed by atoms with Crippen LogP contribution in [0.4, 0.5) is 9.59 Å². The van der Waals surface area contributed by atoms with Crippen molar-refractivity contribution in [2.24, 2.45) is 0 Å². The quantitative estimate of drug-likeness (QED) is 0.635. The molecule has 1 saturated carbocycles. The highest BCUT2D eigenvalue weighted by molar-refractivity contribution is 6.19. The standard InChI is InChI=1S/C14H24ClNO5/c1-9(15)19-13(18)20-11-8-6-5-7-10(11)16-12(17)21-14(2,3)4/h9-11H,5-8H2,1-4H3,(H,16,17)/t9?,10-,11-/m1/s1. The second-order valence-electron chi connectivity index (χ2n) is 6.10. The van der Waals surface area contributed by atoms with Crippen molar-refractivity contribution in [3.05, 3.63) is 0 Å². The van der Waals surface area contributed by atoms with Crippen molar-refractivity contribution in [3.63, 3.8) is 0 Å². The molecule has 1 fully saturated rings. The Morgan fingerprint density at radius 2 is 1.86 bits per heavy atom. The van der Waals surface area contributed by atoms with Crippen LogP contribution in [-0.4, -0.2) is 35.6 Å². The van der Waals surface area contributed by atoms with E-state index in [9.17, 15) is 9.59 Å². The van der Waals surface area contributed by atoms with Crippen LogP contribution in [0.1, 0.15) is 53.4 Å². The molecule has 3 atom stereocenters. The summed E-state index contributed by atoms with van der Waals surface area (Å²) in [5.41, 5.74) is -1.32. The minimum atomic E-state index is -0.819. The number of halogens is 1. The average Bonchev–Trinajstić information content (AvgIpc) is 2.27. The van der Waals surface area contributed by atoms with Crippen LogP contribution >= 0.6 is 11.6 Å². The fourth-order valence-electron chi connectivity index (χ4n) is 2.15. The minimum absolute atomic E-state index is 0.271. The Bertz CT molecular complexity index is 367. The zero-order chi connectivity index (χ0) is 16.0. The molecule has 1 N–H and O–H groups in total. The zero-order valence-corrected chi connectivity index (χ0v) is 13.7. The van der Waals surface area contributed by atoms with Crippen LogP contribution in [0.15, 0.2) is 0 Å². The van der Waals surface area contributed by atoms with Gasteiger partial charge in [0.25, 0.3) is 0 Å². The maximum atomic E-state index is 11.8. The monoisotopic (exact) mass is 321 g/mol. The Morgan fingerprint density at radius 3 is 2.43 bits per heavy atom. The number of alkyl carbamates (subject to hydrolysis) is 1. The zero-order valence-electron chi connectivity index (χ0n) is 13.0. The second kappa shape index (κ2) is 7.73. The van der Waals surface area contributed by atoms with Crippen LogP contribution in [-0.2, 0) is 14.2 Å². The summed E-state index contributed by atoms with van der Waals surface area (Å²) in [5.74, 6) is 0. The van der Waals surface area contributed by atoms with E-state index in [4.69, 9.17) is 25.8 Å². The second-order valence-corrected chi connectivity index (χ2v) is 6.72. The van der Waals surface area contributed by atoms with Gasteiger partial charge in [0, 0.05) is 0 Å². The Balaban J connectivity index is 2.53. The first-order valence-corrected chi connectivity index (χ1v) is 7.62. The lowest BCUT2D eigenvalue weighted by atomic mass is 9.92. The first-order valence-electron chi connectivity index (χ1n) is 7.18. The summed E-state index contributed by atoms with van der Waals surface area (Å²) in [7, 11) is 0. The third-order valence-corrected chi connectivity index (χ3v) is 3.00. The van der Waals surface area contributed by atoms with Gasteiger partial charge in [0.05, 0.1) is 6.04 Å². The molecule has 0 spiro atoms. The minimum Gasteiger partial charge on any atom is -0.444 e. The molecule has 0 aliphatic heterocycles. The lowest BCUT2D eigenvalue weighted by Crippen LogP contribution is -2.48. The number of ether oxygens (including phenoxy) is 3. The Morgan fingerprint density at radius 1 is 1.24 bits per heavy atom. The molecule has 0 aromatic carbocycles. The van der Waals surface area contributed by atoms with Gasteiger partial charge in [-0.1, -0.05) is 18.0 Å². The molecule has 0 aromatic heterocycles. The number of hydrogen-bond acceptors (Lipinski definition) is 5. The van der Waals surface area contributed by atoms with E-state index < -0.39 is 29.5 Å². The van der Waals surface area contributed by atoms with Crippen molar-refractivity contribution in [3.8, 4) is 0 Å². The normalized spacial score (nSPS) is 23.9. The van der Waals surface area contributed by atoms with E-state index >= 15 is 0 Å². The van der Waals surface area contributed by atoms with E-state index in [0.29, 0.717) is 6.42 Å². The summed E-state index contributed by atoms with van der Waals surface area (Å²) < 4.78 is 15.2. The van der Waals surface area contributed by atoms with Crippen LogP contribution in [0.5, 0.6) is 0 Å². The number of amides is 1. The molecule has 1 rings (SSSR count). The molecule has 0 saturated heterocycles. The molecule has 0 aromatic rings. The molecule has 21 heavy (non-hydrogen) atoms. The first kappa shape index (κ1) is 17.9. The van der Waals surface area contributed by atoms with E-state index in [1.54, 1.807) is 20.8 Å². The smallest absolute Gasteiger partial charge is 0.444 e. The third-order valence-electron chi connectivity index (χ3n) is 2.91. The van der Waals surface area contributed by atoms with Crippen LogP contribution in [0.25, 0.3) is 0 Å². The molecular weight excluding hydrogens is 298 g/mol. The highest BCUT2D eigenvalue weighted by Crippen LogP contribution is 2.22. The number of rotatable bonds is 3. The van der Waals surface area contributed by atoms with E-state index in [2.05, 4.69) is 5.32 Å². The number of carbonyl (C=O) groups excluding carboxylic acids is 2. The highest BCUT2D eigenvalue weighted by Gasteiger charge is 2.31. The maximum Gasteiger partial charge on any atom is 0.510 e. The lowest BCUT2D eigenvalue weighted by molar-refractivity contribution is -0.00976. The van der Waals surface area contributed by atoms with Gasteiger partial charge in [-0.15, -0.1) is 0 Å². The molecule has 1 unspecified atom stereocenters. The first-order chi connectivity index (χ1) is 9.67. The number of nitrogens with one attached hydrogen (secondary N) is 1. The fourth-order valence-corrected chi connectivity index (χ4v) is 2.22. The Hall–Kier alpha value is -1.17. The summed E-state index contributed by atoms with van der Waals surface area (Å²) in [4.78, 5) is 23.3. The number of hydrogen-bond donors (Lipinski definition) is 1. The van der Waals surface area contributed by atoms with Crippen molar-refractivity contribution >= 4 is 23.8 Å². The van der Waals surface area contributed by atoms with Gasteiger partial charge in [-0.3, -0.25) is 0 Å². The van der Waals surface area contributed by atoms with Gasteiger partial charge >= 0.3 is 12.2 Å². The van der Waals surface area contributed by atoms with Crippen molar-refractivity contribution in [2.45, 2.75) is 76.7 Å². The molecule has 0 radical (unpaired) electrons. The third kappa shape index (κ3) is 7.41. The molecule has 6 nitrogen and oxygen atoms in total. The maximum absolute atomic E-state index is 11.8. The Labute approximate surface area is 130 Å². The topological polar surface area (TPSA) is 73.9 Å². The van der Waals surface area contributed by atoms with Gasteiger partial charge in [0.15, 0.2) is 5.56 Å². The molecule has 1 aliphatic carbocycles. The number of alkyl halides is 1. The summed E-state index contributed by atoms with van der Waals surface area (Å²) in [6.45, 7) is 6.90. The molecule has 0 heterocycles.